The Morgan fingerprint density at radius 3 is 2.21 bits per heavy atom. The molecule has 0 fully saturated rings. The van der Waals surface area contributed by atoms with Gasteiger partial charge in [-0.15, -0.1) is 11.3 Å². The number of benzene rings is 1. The number of rotatable bonds is 7. The van der Waals surface area contributed by atoms with E-state index in [0.717, 1.165) is 12.1 Å². The highest BCUT2D eigenvalue weighted by atomic mass is 32.1. The molecule has 0 saturated heterocycles. The number of likely N-dealkylation sites (N-methyl/N-ethyl adjacent to an activating group) is 2. The Balaban J connectivity index is 2.00. The van der Waals surface area contributed by atoms with E-state index < -0.39 is 11.7 Å². The molecule has 0 spiro atoms. The molecule has 0 aliphatic rings. The Kier molecular flexibility index (Phi) is 7.17. The Labute approximate surface area is 165 Å². The molecule has 2 rings (SSSR count). The van der Waals surface area contributed by atoms with Gasteiger partial charge in [0.2, 0.25) is 11.8 Å². The minimum atomic E-state index is -4.38. The monoisotopic (exact) mass is 413 g/mol. The summed E-state index contributed by atoms with van der Waals surface area (Å²) in [5.41, 5.74) is 0.358. The van der Waals surface area contributed by atoms with Crippen LogP contribution in [0.5, 0.6) is 0 Å². The fourth-order valence-corrected chi connectivity index (χ4v) is 3.41. The molecule has 2 amide bonds. The van der Waals surface area contributed by atoms with Crippen LogP contribution < -0.4 is 0 Å². The number of thiazole rings is 1. The number of alkyl halides is 3. The lowest BCUT2D eigenvalue weighted by Gasteiger charge is -2.23. The van der Waals surface area contributed by atoms with E-state index in [2.05, 4.69) is 4.98 Å². The molecule has 5 nitrogen and oxygen atoms in total. The second kappa shape index (κ2) is 9.18. The minimum Gasteiger partial charge on any atom is -0.342 e. The lowest BCUT2D eigenvalue weighted by molar-refractivity contribution is -0.138. The van der Waals surface area contributed by atoms with Crippen LogP contribution in [-0.4, -0.2) is 53.3 Å². The van der Waals surface area contributed by atoms with E-state index in [0.29, 0.717) is 29.4 Å². The van der Waals surface area contributed by atoms with Crippen LogP contribution in [0, 0.1) is 0 Å². The molecule has 0 saturated carbocycles. The van der Waals surface area contributed by atoms with Crippen LogP contribution in [0.2, 0.25) is 0 Å². The van der Waals surface area contributed by atoms with Crippen LogP contribution in [0.25, 0.3) is 10.6 Å². The van der Waals surface area contributed by atoms with E-state index in [-0.39, 0.29) is 24.8 Å². The van der Waals surface area contributed by atoms with Gasteiger partial charge in [-0.25, -0.2) is 4.98 Å². The lowest BCUT2D eigenvalue weighted by atomic mass is 10.1. The summed E-state index contributed by atoms with van der Waals surface area (Å²) in [7, 11) is 1.56. The summed E-state index contributed by atoms with van der Waals surface area (Å²) in [4.78, 5) is 31.8. The van der Waals surface area contributed by atoms with Crippen LogP contribution in [0.4, 0.5) is 13.2 Å². The fraction of sp³-hybridized carbons (Fsp3) is 0.421. The molecule has 9 heteroatoms. The Bertz CT molecular complexity index is 815. The maximum absolute atomic E-state index is 12.6. The number of aromatic nitrogens is 1. The van der Waals surface area contributed by atoms with Gasteiger partial charge in [-0.3, -0.25) is 9.59 Å². The molecule has 0 radical (unpaired) electrons. The van der Waals surface area contributed by atoms with Crippen LogP contribution in [0.3, 0.4) is 0 Å². The zero-order valence-electron chi connectivity index (χ0n) is 15.9. The number of halogens is 3. The second-order valence-electron chi connectivity index (χ2n) is 6.21. The average molecular weight is 413 g/mol. The van der Waals surface area contributed by atoms with Gasteiger partial charge in [-0.1, -0.05) is 12.1 Å². The van der Waals surface area contributed by atoms with Gasteiger partial charge < -0.3 is 9.80 Å². The van der Waals surface area contributed by atoms with Crippen molar-refractivity contribution in [2.45, 2.75) is 26.4 Å². The predicted molar refractivity (Wildman–Crippen MR) is 102 cm³/mol. The van der Waals surface area contributed by atoms with Crippen LogP contribution in [0.1, 0.15) is 25.1 Å². The summed E-state index contributed by atoms with van der Waals surface area (Å²) in [6.45, 7) is 4.92. The molecular formula is C19H22F3N3O2S. The van der Waals surface area contributed by atoms with Crippen molar-refractivity contribution in [2.24, 2.45) is 0 Å². The standard InChI is InChI=1S/C19H22F3N3O2S/c1-4-25(5-2)17(27)11-24(3)16(26)10-15-12-28-18(23-15)13-6-8-14(9-7-13)19(20,21)22/h6-9,12H,4-5,10-11H2,1-3H3. The second-order valence-corrected chi connectivity index (χ2v) is 7.07. The number of amides is 2. The molecule has 1 heterocycles. The van der Waals surface area contributed by atoms with Crippen molar-refractivity contribution in [3.05, 3.63) is 40.9 Å². The third-order valence-electron chi connectivity index (χ3n) is 4.26. The number of nitrogens with zero attached hydrogens (tertiary/aromatic N) is 3. The lowest BCUT2D eigenvalue weighted by Crippen LogP contribution is -2.41. The van der Waals surface area contributed by atoms with E-state index in [1.54, 1.807) is 17.3 Å². The average Bonchev–Trinajstić information content (AvgIpc) is 3.10. The summed E-state index contributed by atoms with van der Waals surface area (Å²) >= 11 is 1.26. The topological polar surface area (TPSA) is 53.5 Å². The Hall–Kier alpha value is -2.42. The normalized spacial score (nSPS) is 11.4. The summed E-state index contributed by atoms with van der Waals surface area (Å²) < 4.78 is 37.9. The van der Waals surface area contributed by atoms with Crippen molar-refractivity contribution in [1.29, 1.82) is 0 Å². The quantitative estimate of drug-likeness (QED) is 0.696. The maximum atomic E-state index is 12.6. The van der Waals surface area contributed by atoms with E-state index >= 15 is 0 Å². The first-order valence-corrected chi connectivity index (χ1v) is 9.67. The highest BCUT2D eigenvalue weighted by Gasteiger charge is 2.30. The van der Waals surface area contributed by atoms with Crippen molar-refractivity contribution in [1.82, 2.24) is 14.8 Å². The SMILES string of the molecule is CCN(CC)C(=O)CN(C)C(=O)Cc1csc(-c2ccc(C(F)(F)F)cc2)n1. The molecule has 28 heavy (non-hydrogen) atoms. The van der Waals surface area contributed by atoms with Crippen molar-refractivity contribution < 1.29 is 22.8 Å². The number of carbonyl (C=O) groups excluding carboxylic acids is 2. The van der Waals surface area contributed by atoms with Gasteiger partial charge in [-0.2, -0.15) is 13.2 Å². The molecule has 1 aromatic heterocycles. The van der Waals surface area contributed by atoms with Gasteiger partial charge in [0, 0.05) is 31.1 Å². The van der Waals surface area contributed by atoms with Gasteiger partial charge in [0.1, 0.15) is 5.01 Å². The molecular weight excluding hydrogens is 391 g/mol. The van der Waals surface area contributed by atoms with Crippen LogP contribution in [0.15, 0.2) is 29.6 Å². The molecule has 0 atom stereocenters. The third kappa shape index (κ3) is 5.54. The Morgan fingerprint density at radius 1 is 1.07 bits per heavy atom. The molecule has 2 aromatic rings. The first-order valence-electron chi connectivity index (χ1n) is 8.79. The fourth-order valence-electron chi connectivity index (χ4n) is 2.58. The zero-order chi connectivity index (χ0) is 20.9. The van der Waals surface area contributed by atoms with Crippen molar-refractivity contribution >= 4 is 23.2 Å². The van der Waals surface area contributed by atoms with Gasteiger partial charge in [0.25, 0.3) is 0 Å². The maximum Gasteiger partial charge on any atom is 0.416 e. The van der Waals surface area contributed by atoms with E-state index in [1.807, 2.05) is 13.8 Å². The predicted octanol–water partition coefficient (Wildman–Crippen LogP) is 3.70. The van der Waals surface area contributed by atoms with Crippen molar-refractivity contribution in [2.75, 3.05) is 26.7 Å². The zero-order valence-corrected chi connectivity index (χ0v) is 16.7. The molecule has 0 unspecified atom stereocenters. The largest absolute Gasteiger partial charge is 0.416 e. The van der Waals surface area contributed by atoms with Crippen molar-refractivity contribution in [3.8, 4) is 10.6 Å². The minimum absolute atomic E-state index is 0.00356. The van der Waals surface area contributed by atoms with Crippen LogP contribution in [-0.2, 0) is 22.2 Å². The summed E-state index contributed by atoms with van der Waals surface area (Å²) in [5.74, 6) is -0.366. The van der Waals surface area contributed by atoms with Crippen molar-refractivity contribution in [3.63, 3.8) is 0 Å². The first kappa shape index (κ1) is 21.9. The molecule has 152 valence electrons. The Morgan fingerprint density at radius 2 is 1.68 bits per heavy atom. The molecule has 0 aliphatic carbocycles. The molecule has 0 N–H and O–H groups in total. The highest BCUT2D eigenvalue weighted by molar-refractivity contribution is 7.13. The number of carbonyl (C=O) groups is 2. The number of hydrogen-bond donors (Lipinski definition) is 0. The van der Waals surface area contributed by atoms with E-state index in [4.69, 9.17) is 0 Å². The highest BCUT2D eigenvalue weighted by Crippen LogP contribution is 2.31. The summed E-state index contributed by atoms with van der Waals surface area (Å²) in [6, 6.07) is 4.74. The summed E-state index contributed by atoms with van der Waals surface area (Å²) in [6.07, 6.45) is -4.36. The number of hydrogen-bond acceptors (Lipinski definition) is 4. The molecule has 0 aliphatic heterocycles. The van der Waals surface area contributed by atoms with Gasteiger partial charge in [0.15, 0.2) is 0 Å². The van der Waals surface area contributed by atoms with Gasteiger partial charge in [0.05, 0.1) is 24.2 Å². The van der Waals surface area contributed by atoms with E-state index in [1.165, 1.54) is 28.4 Å². The first-order chi connectivity index (χ1) is 13.2. The summed E-state index contributed by atoms with van der Waals surface area (Å²) in [5, 5.41) is 2.24. The smallest absolute Gasteiger partial charge is 0.342 e. The van der Waals surface area contributed by atoms with Gasteiger partial charge >= 0.3 is 6.18 Å². The molecule has 1 aromatic carbocycles. The van der Waals surface area contributed by atoms with E-state index in [9.17, 15) is 22.8 Å². The van der Waals surface area contributed by atoms with Gasteiger partial charge in [-0.05, 0) is 26.0 Å². The molecule has 0 bridgehead atoms. The van der Waals surface area contributed by atoms with Crippen LogP contribution >= 0.6 is 11.3 Å². The third-order valence-corrected chi connectivity index (χ3v) is 5.20.